The van der Waals surface area contributed by atoms with Crippen LogP contribution in [0.3, 0.4) is 0 Å². The van der Waals surface area contributed by atoms with Crippen LogP contribution in [-0.4, -0.2) is 133 Å². The van der Waals surface area contributed by atoms with E-state index in [1.807, 2.05) is 12.1 Å². The molecule has 4 aromatic rings. The second-order valence-electron chi connectivity index (χ2n) is 21.0. The molecule has 6 fully saturated rings. The van der Waals surface area contributed by atoms with E-state index in [9.17, 15) is 44.7 Å². The Labute approximate surface area is 491 Å². The second-order valence-corrected chi connectivity index (χ2v) is 22.7. The molecule has 10 rings (SSSR count). The maximum atomic E-state index is 15.0. The fourth-order valence-electron chi connectivity index (χ4n) is 10.7. The molecule has 4 heterocycles. The maximum absolute atomic E-state index is 15.0. The topological polar surface area (TPSA) is 140 Å². The van der Waals surface area contributed by atoms with Crippen LogP contribution >= 0.6 is 46.4 Å². The number of hydrogen-bond donors (Lipinski definition) is 2. The van der Waals surface area contributed by atoms with Crippen LogP contribution in [0.1, 0.15) is 138 Å². The van der Waals surface area contributed by atoms with Crippen molar-refractivity contribution in [2.24, 2.45) is 11.8 Å². The number of nitrogens with zero attached hydrogens (tertiary/aromatic N) is 4. The summed E-state index contributed by atoms with van der Waals surface area (Å²) >= 11 is 24.2. The van der Waals surface area contributed by atoms with E-state index in [1.165, 1.54) is 35.2 Å². The van der Waals surface area contributed by atoms with Gasteiger partial charge in [-0.2, -0.15) is 26.3 Å². The quantitative estimate of drug-likeness (QED) is 0.0926. The minimum atomic E-state index is -4.48. The van der Waals surface area contributed by atoms with Gasteiger partial charge in [-0.25, -0.2) is 8.78 Å². The van der Waals surface area contributed by atoms with Gasteiger partial charge in [0.15, 0.2) is 0 Å². The van der Waals surface area contributed by atoms with Crippen LogP contribution in [0.4, 0.5) is 35.1 Å². The summed E-state index contributed by atoms with van der Waals surface area (Å²) in [7, 11) is 0. The maximum Gasteiger partial charge on any atom is 0.408 e. The number of ether oxygens (including phenoxy) is 2. The van der Waals surface area contributed by atoms with Gasteiger partial charge < -0.3 is 29.5 Å². The Morgan fingerprint density at radius 1 is 0.561 bits per heavy atom. The predicted octanol–water partition coefficient (Wildman–Crippen LogP) is 14.8. The Bertz CT molecular complexity index is 2700. The number of hydrogen-bond acceptors (Lipinski definition) is 8. The molecule has 0 radical (unpaired) electrons. The number of carbonyl (C=O) groups excluding carboxylic acids is 2. The standard InChI is InChI=1S/C28H30Cl2F4N2O2.C27H31Cl2FN2O2.CHF3.2CH2O2/c29-20-11-19(12-21(30)13-20)26(28(32,33)34)35-9-5-17(6-10-35)16-38-25-15-24(31)23(14-22(25)18-3-4-18)27(37)36-7-1-2-8-36;28-21-11-19(12-22(29)13-21)16-31-9-5-18(6-10-31)17-34-26-15-25(30)24(14-23(26)20-3-4-20)27(33)32-7-1-2-8-32;2-1(3)4;2*2-1-3/h11-15,17-18,26H,1-10,16H2;11-15,18,20H,1-10,16-17H2;1H;2*1H,(H,2,3). The van der Waals surface area contributed by atoms with Gasteiger partial charge in [-0.15, -0.1) is 0 Å². The Hall–Kier alpha value is -5.12. The monoisotopic (exact) mass is 1240 g/mol. The van der Waals surface area contributed by atoms with Crippen LogP contribution in [0, 0.1) is 23.5 Å². The molecule has 82 heavy (non-hydrogen) atoms. The van der Waals surface area contributed by atoms with Gasteiger partial charge in [0.1, 0.15) is 29.2 Å². The Morgan fingerprint density at radius 2 is 0.915 bits per heavy atom. The van der Waals surface area contributed by atoms with Crippen molar-refractivity contribution in [2.45, 2.75) is 114 Å². The summed E-state index contributed by atoms with van der Waals surface area (Å²) in [4.78, 5) is 49.6. The van der Waals surface area contributed by atoms with Crippen molar-refractivity contribution in [2.75, 3.05) is 65.6 Å². The summed E-state index contributed by atoms with van der Waals surface area (Å²) < 4.78 is 113. The van der Waals surface area contributed by atoms with Crippen LogP contribution in [0.5, 0.6) is 11.5 Å². The van der Waals surface area contributed by atoms with E-state index in [-0.39, 0.29) is 83.0 Å². The number of amides is 2. The van der Waals surface area contributed by atoms with Gasteiger partial charge in [0.25, 0.3) is 24.8 Å². The number of likely N-dealkylation sites (tertiary alicyclic amines) is 4. The predicted molar refractivity (Wildman–Crippen MR) is 297 cm³/mol. The van der Waals surface area contributed by atoms with Crippen molar-refractivity contribution in [3.05, 3.63) is 126 Å². The third kappa shape index (κ3) is 20.0. The lowest BCUT2D eigenvalue weighted by Crippen LogP contribution is -2.43. The van der Waals surface area contributed by atoms with E-state index >= 15 is 0 Å². The molecule has 0 bridgehead atoms. The lowest BCUT2D eigenvalue weighted by Gasteiger charge is -2.38. The minimum absolute atomic E-state index is 0.0258. The van der Waals surface area contributed by atoms with E-state index in [1.54, 1.807) is 28.0 Å². The van der Waals surface area contributed by atoms with Crippen LogP contribution in [0.15, 0.2) is 60.7 Å². The van der Waals surface area contributed by atoms with Gasteiger partial charge in [0.05, 0.1) is 24.3 Å². The summed E-state index contributed by atoms with van der Waals surface area (Å²) in [6.07, 6.45) is 6.51. The largest absolute Gasteiger partial charge is 0.493 e. The van der Waals surface area contributed by atoms with Gasteiger partial charge >= 0.3 is 12.9 Å². The molecule has 2 amide bonds. The first-order valence-electron chi connectivity index (χ1n) is 27.2. The molecular formula is C58H66Cl4F8N4O8. The van der Waals surface area contributed by atoms with E-state index < -0.39 is 30.5 Å². The third-order valence-electron chi connectivity index (χ3n) is 15.0. The average molecular weight is 1240 g/mol. The van der Waals surface area contributed by atoms with Crippen molar-refractivity contribution in [3.63, 3.8) is 0 Å². The lowest BCUT2D eigenvalue weighted by molar-refractivity contribution is -0.190. The van der Waals surface area contributed by atoms with Gasteiger partial charge in [0, 0.05) is 64.9 Å². The highest BCUT2D eigenvalue weighted by Crippen LogP contribution is 2.47. The number of carbonyl (C=O) groups is 4. The summed E-state index contributed by atoms with van der Waals surface area (Å²) in [6, 6.07) is 14.1. The summed E-state index contributed by atoms with van der Waals surface area (Å²) in [5.41, 5.74) is 3.29. The highest BCUT2D eigenvalue weighted by Gasteiger charge is 2.46. The molecule has 24 heteroatoms. The fourth-order valence-corrected chi connectivity index (χ4v) is 11.8. The normalized spacial score (nSPS) is 18.2. The molecule has 4 aromatic carbocycles. The van der Waals surface area contributed by atoms with Crippen molar-refractivity contribution in [1.82, 2.24) is 19.6 Å². The zero-order valence-electron chi connectivity index (χ0n) is 44.8. The van der Waals surface area contributed by atoms with Crippen molar-refractivity contribution < 1.29 is 74.0 Å². The summed E-state index contributed by atoms with van der Waals surface area (Å²) in [5, 5.41) is 15.4. The first kappa shape index (κ1) is 66.0. The lowest BCUT2D eigenvalue weighted by atomic mass is 9.94. The van der Waals surface area contributed by atoms with Crippen LogP contribution < -0.4 is 9.47 Å². The summed E-state index contributed by atoms with van der Waals surface area (Å²) in [6.45, 7) is 2.68. The van der Waals surface area contributed by atoms with E-state index in [4.69, 9.17) is 75.7 Å². The molecule has 6 aliphatic rings. The molecule has 4 aliphatic heterocycles. The zero-order chi connectivity index (χ0) is 59.7. The van der Waals surface area contributed by atoms with Gasteiger partial charge in [-0.1, -0.05) is 46.4 Å². The van der Waals surface area contributed by atoms with E-state index in [0.717, 1.165) is 114 Å². The van der Waals surface area contributed by atoms with Gasteiger partial charge in [-0.05, 0) is 198 Å². The molecule has 2 saturated carbocycles. The number of benzene rings is 4. The molecule has 2 aliphatic carbocycles. The Kier molecular flexibility index (Phi) is 25.5. The molecule has 1 unspecified atom stereocenters. The molecule has 0 spiro atoms. The molecule has 12 nitrogen and oxygen atoms in total. The smallest absolute Gasteiger partial charge is 0.408 e. The molecular weight excluding hydrogens is 1170 g/mol. The highest BCUT2D eigenvalue weighted by atomic mass is 35.5. The van der Waals surface area contributed by atoms with E-state index in [2.05, 4.69) is 4.90 Å². The van der Waals surface area contributed by atoms with Gasteiger partial charge in [0.2, 0.25) is 0 Å². The van der Waals surface area contributed by atoms with Gasteiger partial charge in [-0.3, -0.25) is 29.0 Å². The summed E-state index contributed by atoms with van der Waals surface area (Å²) in [5.74, 6) is 0.626. The SMILES string of the molecule is FC(F)F.O=C(c1cc(C2CC2)c(OCC2CCN(C(c3cc(Cl)cc(Cl)c3)C(F)(F)F)CC2)cc1F)N1CCCC1.O=C(c1cc(C2CC2)c(OCC2CCN(Cc3cc(Cl)cc(Cl)c3)CC2)cc1F)N1CCCC1.O=CO.O=CO. The highest BCUT2D eigenvalue weighted by molar-refractivity contribution is 6.35. The number of rotatable bonds is 14. The van der Waals surface area contributed by atoms with Crippen LogP contribution in [0.25, 0.3) is 0 Å². The second kappa shape index (κ2) is 31.7. The number of piperidine rings is 2. The molecule has 450 valence electrons. The molecule has 1 atom stereocenters. The number of alkyl halides is 6. The number of carboxylic acid groups (broad SMARTS) is 2. The zero-order valence-corrected chi connectivity index (χ0v) is 47.8. The third-order valence-corrected chi connectivity index (χ3v) is 15.9. The van der Waals surface area contributed by atoms with E-state index in [0.29, 0.717) is 65.9 Å². The Balaban J connectivity index is 0.000000228. The minimum Gasteiger partial charge on any atom is -0.493 e. The molecule has 4 saturated heterocycles. The first-order chi connectivity index (χ1) is 39.1. The average Bonchev–Trinajstić information content (AvgIpc) is 4.38. The Morgan fingerprint density at radius 3 is 1.27 bits per heavy atom. The van der Waals surface area contributed by atoms with Crippen molar-refractivity contribution in [1.29, 1.82) is 0 Å². The number of halogens is 12. The van der Waals surface area contributed by atoms with Crippen LogP contribution in [0.2, 0.25) is 20.1 Å². The van der Waals surface area contributed by atoms with Crippen molar-refractivity contribution >= 4 is 71.2 Å². The van der Waals surface area contributed by atoms with Crippen LogP contribution in [-0.2, 0) is 16.1 Å². The fraction of sp³-hybridized carbons (Fsp3) is 0.517. The van der Waals surface area contributed by atoms with Crippen molar-refractivity contribution in [3.8, 4) is 11.5 Å². The molecule has 2 N–H and O–H groups in total. The molecule has 0 aromatic heterocycles. The first-order valence-corrected chi connectivity index (χ1v) is 28.7.